The van der Waals surface area contributed by atoms with Crippen molar-refractivity contribution in [3.05, 3.63) is 0 Å². The lowest BCUT2D eigenvalue weighted by Gasteiger charge is -2.16. The zero-order chi connectivity index (χ0) is 13.4. The highest BCUT2D eigenvalue weighted by Crippen LogP contribution is 2.18. The van der Waals surface area contributed by atoms with Gasteiger partial charge in [-0.2, -0.15) is 0 Å². The Morgan fingerprint density at radius 2 is 1.41 bits per heavy atom. The fourth-order valence-electron chi connectivity index (χ4n) is 1.10. The summed E-state index contributed by atoms with van der Waals surface area (Å²) < 4.78 is 45.8. The highest BCUT2D eigenvalue weighted by molar-refractivity contribution is 5.94. The van der Waals surface area contributed by atoms with E-state index < -0.39 is 36.9 Å². The Labute approximate surface area is 97.1 Å². The van der Waals surface area contributed by atoms with Crippen molar-refractivity contribution >= 4 is 11.9 Å². The number of alkyl halides is 3. The molecule has 0 bridgehead atoms. The summed E-state index contributed by atoms with van der Waals surface area (Å²) in [7, 11) is 0. The smallest absolute Gasteiger partial charge is 0.320 e. The number of ether oxygens (including phenoxy) is 2. The zero-order valence-corrected chi connectivity index (χ0v) is 9.62. The zero-order valence-electron chi connectivity index (χ0n) is 9.62. The number of halogens is 3. The average Bonchev–Trinajstić information content (AvgIpc) is 2.25. The molecule has 0 fully saturated rings. The lowest BCUT2D eigenvalue weighted by Crippen LogP contribution is -2.32. The van der Waals surface area contributed by atoms with E-state index in [2.05, 4.69) is 9.47 Å². The molecule has 0 saturated heterocycles. The SMILES string of the molecule is CCOC(=O)C(CC(F)C(F)F)C(=O)OCC. The largest absolute Gasteiger partial charge is 0.465 e. The van der Waals surface area contributed by atoms with Crippen LogP contribution in [-0.4, -0.2) is 37.7 Å². The molecule has 4 nitrogen and oxygen atoms in total. The third-order valence-electron chi connectivity index (χ3n) is 1.88. The second-order valence-electron chi connectivity index (χ2n) is 3.14. The van der Waals surface area contributed by atoms with Crippen LogP contribution in [0.25, 0.3) is 0 Å². The normalized spacial score (nSPS) is 12.6. The summed E-state index contributed by atoms with van der Waals surface area (Å²) >= 11 is 0. The van der Waals surface area contributed by atoms with Crippen molar-refractivity contribution in [3.8, 4) is 0 Å². The number of carbonyl (C=O) groups is 2. The first-order valence-corrected chi connectivity index (χ1v) is 5.19. The summed E-state index contributed by atoms with van der Waals surface area (Å²) in [6.07, 6.45) is -6.75. The van der Waals surface area contributed by atoms with Gasteiger partial charge in [0.2, 0.25) is 0 Å². The maximum atomic E-state index is 12.8. The number of hydrogen-bond acceptors (Lipinski definition) is 4. The predicted molar refractivity (Wildman–Crippen MR) is 52.3 cm³/mol. The molecule has 0 aromatic heterocycles. The van der Waals surface area contributed by atoms with Gasteiger partial charge in [0, 0.05) is 6.42 Å². The van der Waals surface area contributed by atoms with Gasteiger partial charge in [-0.3, -0.25) is 9.59 Å². The van der Waals surface area contributed by atoms with Crippen molar-refractivity contribution in [3.63, 3.8) is 0 Å². The van der Waals surface area contributed by atoms with Gasteiger partial charge in [-0.05, 0) is 13.8 Å². The second kappa shape index (κ2) is 7.92. The molecule has 7 heteroatoms. The Morgan fingerprint density at radius 3 is 1.71 bits per heavy atom. The average molecular weight is 256 g/mol. The molecule has 17 heavy (non-hydrogen) atoms. The molecule has 0 heterocycles. The molecular weight excluding hydrogens is 241 g/mol. The topological polar surface area (TPSA) is 52.6 Å². The van der Waals surface area contributed by atoms with Gasteiger partial charge in [0.1, 0.15) is 0 Å². The maximum absolute atomic E-state index is 12.8. The quantitative estimate of drug-likeness (QED) is 0.514. The third kappa shape index (κ3) is 5.55. The van der Waals surface area contributed by atoms with Crippen molar-refractivity contribution in [1.82, 2.24) is 0 Å². The van der Waals surface area contributed by atoms with E-state index in [0.717, 1.165) is 0 Å². The van der Waals surface area contributed by atoms with Crippen LogP contribution < -0.4 is 0 Å². The van der Waals surface area contributed by atoms with Gasteiger partial charge in [0.05, 0.1) is 13.2 Å². The molecule has 0 aliphatic heterocycles. The molecule has 0 aliphatic rings. The first-order valence-electron chi connectivity index (χ1n) is 5.19. The van der Waals surface area contributed by atoms with Gasteiger partial charge in [-0.15, -0.1) is 0 Å². The predicted octanol–water partition coefficient (Wildman–Crippen LogP) is 1.72. The van der Waals surface area contributed by atoms with Crippen LogP contribution in [0, 0.1) is 5.92 Å². The molecule has 0 N–H and O–H groups in total. The van der Waals surface area contributed by atoms with Crippen LogP contribution in [0.3, 0.4) is 0 Å². The third-order valence-corrected chi connectivity index (χ3v) is 1.88. The van der Waals surface area contributed by atoms with E-state index in [1.165, 1.54) is 13.8 Å². The molecule has 1 unspecified atom stereocenters. The van der Waals surface area contributed by atoms with Crippen LogP contribution in [0.1, 0.15) is 20.3 Å². The van der Waals surface area contributed by atoms with Crippen LogP contribution in [0.15, 0.2) is 0 Å². The molecular formula is C10H15F3O4. The van der Waals surface area contributed by atoms with E-state index in [-0.39, 0.29) is 13.2 Å². The van der Waals surface area contributed by atoms with Crippen molar-refractivity contribution in [1.29, 1.82) is 0 Å². The van der Waals surface area contributed by atoms with Crippen molar-refractivity contribution in [2.24, 2.45) is 5.92 Å². The van der Waals surface area contributed by atoms with Gasteiger partial charge in [-0.1, -0.05) is 0 Å². The van der Waals surface area contributed by atoms with Gasteiger partial charge >= 0.3 is 11.9 Å². The Balaban J connectivity index is 4.61. The van der Waals surface area contributed by atoms with E-state index in [0.29, 0.717) is 0 Å². The standard InChI is InChI=1S/C10H15F3O4/c1-3-16-9(14)6(10(15)17-4-2)5-7(11)8(12)13/h6-8H,3-5H2,1-2H3. The molecule has 0 aromatic rings. The van der Waals surface area contributed by atoms with Crippen LogP contribution in [0.5, 0.6) is 0 Å². The monoisotopic (exact) mass is 256 g/mol. The van der Waals surface area contributed by atoms with E-state index in [1.807, 2.05) is 0 Å². The van der Waals surface area contributed by atoms with Crippen molar-refractivity contribution in [2.45, 2.75) is 32.9 Å². The molecule has 100 valence electrons. The van der Waals surface area contributed by atoms with Gasteiger partial charge in [0.25, 0.3) is 6.43 Å². The van der Waals surface area contributed by atoms with E-state index in [4.69, 9.17) is 0 Å². The molecule has 0 rings (SSSR count). The molecule has 0 aromatic carbocycles. The van der Waals surface area contributed by atoms with Gasteiger partial charge in [0.15, 0.2) is 12.1 Å². The molecule has 0 aliphatic carbocycles. The molecule has 0 spiro atoms. The lowest BCUT2D eigenvalue weighted by molar-refractivity contribution is -0.163. The summed E-state index contributed by atoms with van der Waals surface area (Å²) in [6.45, 7) is 2.92. The second-order valence-corrected chi connectivity index (χ2v) is 3.14. The van der Waals surface area contributed by atoms with Crippen LogP contribution in [0.2, 0.25) is 0 Å². The molecule has 1 atom stereocenters. The van der Waals surface area contributed by atoms with Crippen LogP contribution >= 0.6 is 0 Å². The lowest BCUT2D eigenvalue weighted by atomic mass is 10.0. The van der Waals surface area contributed by atoms with Gasteiger partial charge in [-0.25, -0.2) is 13.2 Å². The first kappa shape index (κ1) is 15.7. The Morgan fingerprint density at radius 1 is 1.00 bits per heavy atom. The Bertz CT molecular complexity index is 240. The molecule has 0 amide bonds. The first-order chi connectivity index (χ1) is 7.93. The molecule has 0 radical (unpaired) electrons. The van der Waals surface area contributed by atoms with Crippen LogP contribution in [0.4, 0.5) is 13.2 Å². The number of esters is 2. The minimum atomic E-state index is -3.25. The summed E-state index contributed by atoms with van der Waals surface area (Å²) in [5, 5.41) is 0. The summed E-state index contributed by atoms with van der Waals surface area (Å²) in [5.74, 6) is -3.73. The number of rotatable bonds is 7. The Kier molecular flexibility index (Phi) is 7.32. The maximum Gasteiger partial charge on any atom is 0.320 e. The van der Waals surface area contributed by atoms with Gasteiger partial charge < -0.3 is 9.47 Å². The van der Waals surface area contributed by atoms with Crippen molar-refractivity contribution in [2.75, 3.05) is 13.2 Å². The van der Waals surface area contributed by atoms with E-state index in [9.17, 15) is 22.8 Å². The number of hydrogen-bond donors (Lipinski definition) is 0. The Hall–Kier alpha value is -1.27. The molecule has 0 saturated carbocycles. The van der Waals surface area contributed by atoms with E-state index in [1.54, 1.807) is 0 Å². The number of carbonyl (C=O) groups excluding carboxylic acids is 2. The van der Waals surface area contributed by atoms with Crippen LogP contribution in [-0.2, 0) is 19.1 Å². The fourth-order valence-corrected chi connectivity index (χ4v) is 1.10. The van der Waals surface area contributed by atoms with Crippen molar-refractivity contribution < 1.29 is 32.2 Å². The summed E-state index contributed by atoms with van der Waals surface area (Å²) in [5.41, 5.74) is 0. The highest BCUT2D eigenvalue weighted by Gasteiger charge is 2.35. The minimum absolute atomic E-state index is 0.0274. The summed E-state index contributed by atoms with van der Waals surface area (Å²) in [4.78, 5) is 22.6. The van der Waals surface area contributed by atoms with E-state index >= 15 is 0 Å². The fraction of sp³-hybridized carbons (Fsp3) is 0.800. The summed E-state index contributed by atoms with van der Waals surface area (Å²) in [6, 6.07) is 0. The highest BCUT2D eigenvalue weighted by atomic mass is 19.3. The minimum Gasteiger partial charge on any atom is -0.465 e.